The van der Waals surface area contributed by atoms with Gasteiger partial charge in [-0.25, -0.2) is 4.85 Å². The second-order valence-corrected chi connectivity index (χ2v) is 7.26. The van der Waals surface area contributed by atoms with Crippen LogP contribution in [0.25, 0.3) is 27.7 Å². The van der Waals surface area contributed by atoms with Crippen LogP contribution in [0.3, 0.4) is 0 Å². The summed E-state index contributed by atoms with van der Waals surface area (Å²) in [6.07, 6.45) is -1.39. The maximum atomic E-state index is 8.63. The lowest BCUT2D eigenvalue weighted by Gasteiger charge is -2.13. The number of hydrogen-bond acceptors (Lipinski definition) is 5. The van der Waals surface area contributed by atoms with E-state index >= 15 is 0 Å². The minimum atomic E-state index is -1.69. The van der Waals surface area contributed by atoms with Crippen molar-refractivity contribution in [3.63, 3.8) is 0 Å². The molecule has 6 heteroatoms. The molecule has 30 heavy (non-hydrogen) atoms. The van der Waals surface area contributed by atoms with Crippen molar-refractivity contribution in [3.8, 4) is 28.6 Å². The minimum absolute atomic E-state index is 0.0672. The Bertz CT molecular complexity index is 1250. The zero-order valence-corrected chi connectivity index (χ0v) is 17.2. The summed E-state index contributed by atoms with van der Waals surface area (Å²) in [5.41, 5.74) is 2.53. The Hall–Kier alpha value is -3.17. The maximum Gasteiger partial charge on any atom is 0.256 e. The largest absolute Gasteiger partial charge is 0.502 e. The molecule has 0 fully saturated rings. The average molecular weight is 407 g/mol. The highest BCUT2D eigenvalue weighted by Gasteiger charge is 2.26. The molecule has 1 atom stereocenters. The number of aromatic nitrogens is 2. The van der Waals surface area contributed by atoms with Crippen molar-refractivity contribution in [1.29, 1.82) is 0 Å². The van der Waals surface area contributed by atoms with Gasteiger partial charge >= 0.3 is 0 Å². The fourth-order valence-electron chi connectivity index (χ4n) is 3.45. The fourth-order valence-corrected chi connectivity index (χ4v) is 3.45. The Morgan fingerprint density at radius 3 is 3.03 bits per heavy atom. The van der Waals surface area contributed by atoms with Gasteiger partial charge in [0, 0.05) is 22.7 Å². The van der Waals surface area contributed by atoms with Crippen LogP contribution in [-0.4, -0.2) is 22.7 Å². The summed E-state index contributed by atoms with van der Waals surface area (Å²) in [7, 11) is 0. The van der Waals surface area contributed by atoms with Gasteiger partial charge in [0.15, 0.2) is 0 Å². The van der Waals surface area contributed by atoms with Gasteiger partial charge in [0.1, 0.15) is 5.75 Å². The Morgan fingerprint density at radius 1 is 1.40 bits per heavy atom. The van der Waals surface area contributed by atoms with Crippen LogP contribution in [0.1, 0.15) is 56.3 Å². The summed E-state index contributed by atoms with van der Waals surface area (Å²) in [5.74, 6) is 0.930. The number of fused-ring (bicyclic) bond motifs is 1. The first-order valence-corrected chi connectivity index (χ1v) is 9.98. The zero-order chi connectivity index (χ0) is 24.7. The molecule has 0 spiro atoms. The second-order valence-electron chi connectivity index (χ2n) is 7.26. The van der Waals surface area contributed by atoms with Gasteiger partial charge in [0.05, 0.1) is 12.7 Å². The Labute approximate surface area is 182 Å². The van der Waals surface area contributed by atoms with Crippen molar-refractivity contribution in [2.24, 2.45) is 0 Å². The number of nitrogens with zero attached hydrogens (tertiary/aromatic N) is 3. The molecule has 0 radical (unpaired) electrons. The first kappa shape index (κ1) is 15.6. The molecule has 0 aliphatic heterocycles. The third-order valence-corrected chi connectivity index (χ3v) is 4.76. The van der Waals surface area contributed by atoms with Crippen molar-refractivity contribution in [2.75, 3.05) is 6.50 Å². The Morgan fingerprint density at radius 2 is 2.27 bits per heavy atom. The van der Waals surface area contributed by atoms with Crippen LogP contribution in [0.15, 0.2) is 40.9 Å². The molecule has 1 heterocycles. The summed E-state index contributed by atoms with van der Waals surface area (Å²) < 4.78 is 44.6. The summed E-state index contributed by atoms with van der Waals surface area (Å²) in [4.78, 5) is 8.03. The lowest BCUT2D eigenvalue weighted by molar-refractivity contribution is 0.244. The van der Waals surface area contributed by atoms with Crippen LogP contribution in [0, 0.1) is 6.57 Å². The van der Waals surface area contributed by atoms with Gasteiger partial charge in [-0.05, 0) is 68.9 Å². The van der Waals surface area contributed by atoms with E-state index in [0.29, 0.717) is 33.7 Å². The van der Waals surface area contributed by atoms with Crippen molar-refractivity contribution in [1.82, 2.24) is 15.5 Å². The predicted molar refractivity (Wildman–Crippen MR) is 117 cm³/mol. The van der Waals surface area contributed by atoms with E-state index in [9.17, 15) is 0 Å². The zero-order valence-electron chi connectivity index (χ0n) is 21.2. The lowest BCUT2D eigenvalue weighted by Crippen LogP contribution is -2.19. The van der Waals surface area contributed by atoms with Gasteiger partial charge in [0.25, 0.3) is 5.89 Å². The third kappa shape index (κ3) is 3.94. The molecular formula is C24H26N4O2. The normalized spacial score (nSPS) is 19.4. The number of benzene rings is 2. The third-order valence-electron chi connectivity index (χ3n) is 4.76. The number of nitrogens with one attached hydrogen (secondary N) is 1. The van der Waals surface area contributed by atoms with Gasteiger partial charge in [-0.1, -0.05) is 30.3 Å². The average Bonchev–Trinajstić information content (AvgIpc) is 3.36. The summed E-state index contributed by atoms with van der Waals surface area (Å²) in [6.45, 7) is 11.4. The fraction of sp³-hybridized carbons (Fsp3) is 0.375. The van der Waals surface area contributed by atoms with E-state index < -0.39 is 18.9 Å². The SMILES string of the molecule is [2H]C([2H])(CC)N[C@H]1CC([2H])([2H])c2c(-c3noc(-c4ccc(OC(C)C)c([N+]#[C-])c4)n3)cccc21. The van der Waals surface area contributed by atoms with Crippen LogP contribution in [0.5, 0.6) is 5.75 Å². The van der Waals surface area contributed by atoms with Crippen LogP contribution < -0.4 is 10.1 Å². The van der Waals surface area contributed by atoms with Crippen molar-refractivity contribution in [3.05, 3.63) is 58.9 Å². The molecule has 2 aromatic carbocycles. The maximum absolute atomic E-state index is 8.63. The highest BCUT2D eigenvalue weighted by molar-refractivity contribution is 5.70. The van der Waals surface area contributed by atoms with Gasteiger partial charge in [-0.2, -0.15) is 4.98 Å². The van der Waals surface area contributed by atoms with Crippen molar-refractivity contribution in [2.45, 2.75) is 52.1 Å². The Balaban J connectivity index is 1.71. The predicted octanol–water partition coefficient (Wildman–Crippen LogP) is 5.73. The van der Waals surface area contributed by atoms with E-state index in [0.717, 1.165) is 0 Å². The van der Waals surface area contributed by atoms with E-state index in [-0.39, 0.29) is 30.7 Å². The molecule has 3 aromatic rings. The van der Waals surface area contributed by atoms with Gasteiger partial charge < -0.3 is 14.6 Å². The van der Waals surface area contributed by atoms with Crippen molar-refractivity contribution < 1.29 is 14.7 Å². The van der Waals surface area contributed by atoms with E-state index in [1.807, 2.05) is 19.9 Å². The van der Waals surface area contributed by atoms with E-state index in [4.69, 9.17) is 21.3 Å². The smallest absolute Gasteiger partial charge is 0.256 e. The van der Waals surface area contributed by atoms with Crippen molar-refractivity contribution >= 4 is 5.69 Å². The first-order valence-electron chi connectivity index (χ1n) is 12.0. The summed E-state index contributed by atoms with van der Waals surface area (Å²) in [6, 6.07) is 9.94. The highest BCUT2D eigenvalue weighted by Crippen LogP contribution is 2.38. The van der Waals surface area contributed by atoms with Crippen LogP contribution in [0.4, 0.5) is 5.69 Å². The molecule has 6 nitrogen and oxygen atoms in total. The summed E-state index contributed by atoms with van der Waals surface area (Å²) in [5, 5.41) is 7.04. The molecule has 0 saturated heterocycles. The molecule has 0 amide bonds. The number of hydrogen-bond donors (Lipinski definition) is 1. The van der Waals surface area contributed by atoms with Crippen LogP contribution in [-0.2, 0) is 6.37 Å². The molecular weight excluding hydrogens is 376 g/mol. The molecule has 4 rings (SSSR count). The Kier molecular flexibility index (Phi) is 4.53. The number of rotatable bonds is 7. The number of ether oxygens (including phenoxy) is 1. The molecule has 1 aromatic heterocycles. The quantitative estimate of drug-likeness (QED) is 0.508. The van der Waals surface area contributed by atoms with E-state index in [1.165, 1.54) is 0 Å². The second kappa shape index (κ2) is 8.68. The molecule has 0 saturated carbocycles. The minimum Gasteiger partial charge on any atom is -0.502 e. The van der Waals surface area contributed by atoms with E-state index in [2.05, 4.69) is 20.3 Å². The van der Waals surface area contributed by atoms with Gasteiger partial charge in [-0.15, -0.1) is 0 Å². The molecule has 1 aliphatic carbocycles. The molecule has 1 aliphatic rings. The van der Waals surface area contributed by atoms with E-state index in [1.54, 1.807) is 37.3 Å². The lowest BCUT2D eigenvalue weighted by atomic mass is 10.0. The van der Waals surface area contributed by atoms with Crippen LogP contribution in [0.2, 0.25) is 0 Å². The summed E-state index contributed by atoms with van der Waals surface area (Å²) >= 11 is 0. The molecule has 1 N–H and O–H groups in total. The first-order chi connectivity index (χ1) is 16.0. The molecule has 0 unspecified atom stereocenters. The molecule has 154 valence electrons. The topological polar surface area (TPSA) is 64.5 Å². The standard InChI is InChI=1S/C24H26N4O2/c1-5-13-26-20-11-10-17-18(20)7-6-8-19(17)23-27-24(30-28-23)16-9-12-22(29-15(2)3)21(14-16)25-4/h6-9,12,14-15,20,26H,5,10-11,13H2,1-3H3/t20-/m0/s1/i10D2,13D2. The highest BCUT2D eigenvalue weighted by atomic mass is 16.5. The monoisotopic (exact) mass is 406 g/mol. The van der Waals surface area contributed by atoms with Gasteiger partial charge in [0.2, 0.25) is 11.5 Å². The molecule has 0 bridgehead atoms. The van der Waals surface area contributed by atoms with Gasteiger partial charge in [-0.3, -0.25) is 0 Å². The van der Waals surface area contributed by atoms with Crippen LogP contribution >= 0.6 is 0 Å².